The molecular weight excluding hydrogens is 385 g/mol. The van der Waals surface area contributed by atoms with E-state index in [2.05, 4.69) is 25.8 Å². The van der Waals surface area contributed by atoms with Gasteiger partial charge in [-0.3, -0.25) is 9.79 Å². The first-order chi connectivity index (χ1) is 14.5. The number of ether oxygens (including phenoxy) is 1. The van der Waals surface area contributed by atoms with Gasteiger partial charge in [-0.05, 0) is 36.8 Å². The molecule has 1 unspecified atom stereocenters. The molecule has 1 fully saturated rings. The minimum Gasteiger partial charge on any atom is -0.486 e. The van der Waals surface area contributed by atoms with Gasteiger partial charge in [0.25, 0.3) is 0 Å². The predicted molar refractivity (Wildman–Crippen MR) is 116 cm³/mol. The number of hydrogen-bond donors (Lipinski definition) is 3. The summed E-state index contributed by atoms with van der Waals surface area (Å²) in [6.07, 6.45) is -0.235. The third-order valence-corrected chi connectivity index (χ3v) is 4.75. The zero-order chi connectivity index (χ0) is 21.3. The molecule has 0 aliphatic carbocycles. The highest BCUT2D eigenvalue weighted by Crippen LogP contribution is 2.17. The van der Waals surface area contributed by atoms with Crippen molar-refractivity contribution in [3.63, 3.8) is 0 Å². The number of carbonyl (C=O) groups is 1. The van der Waals surface area contributed by atoms with E-state index in [-0.39, 0.29) is 23.6 Å². The number of carbonyl (C=O) groups excluding carboxylic acids is 1. The van der Waals surface area contributed by atoms with Gasteiger partial charge in [-0.15, -0.1) is 0 Å². The molecule has 30 heavy (non-hydrogen) atoms. The highest BCUT2D eigenvalue weighted by Gasteiger charge is 2.16. The summed E-state index contributed by atoms with van der Waals surface area (Å²) in [5.41, 5.74) is 2.13. The number of amides is 1. The van der Waals surface area contributed by atoms with Crippen molar-refractivity contribution in [1.29, 1.82) is 0 Å². The van der Waals surface area contributed by atoms with Crippen molar-refractivity contribution >= 4 is 17.6 Å². The monoisotopic (exact) mass is 413 g/mol. The van der Waals surface area contributed by atoms with Crippen molar-refractivity contribution < 1.29 is 13.9 Å². The number of nitrogens with one attached hydrogen (secondary N) is 3. The van der Waals surface area contributed by atoms with Crippen LogP contribution in [-0.2, 0) is 11.3 Å². The van der Waals surface area contributed by atoms with Crippen LogP contribution in [0.1, 0.15) is 12.5 Å². The van der Waals surface area contributed by atoms with E-state index in [1.165, 1.54) is 6.07 Å². The number of halogens is 1. The quantitative estimate of drug-likeness (QED) is 0.477. The molecule has 8 heteroatoms. The second-order valence-electron chi connectivity index (χ2n) is 7.10. The smallest absolute Gasteiger partial charge is 0.239 e. The molecule has 0 radical (unpaired) electrons. The molecule has 7 nitrogen and oxygen atoms in total. The molecule has 1 amide bonds. The Morgan fingerprint density at radius 2 is 2.00 bits per heavy atom. The molecule has 0 bridgehead atoms. The SMILES string of the molecule is CN=C(NCc1ccc(N2CCNC(=O)C2)cc1)NCC(C)Oc1ccccc1F. The van der Waals surface area contributed by atoms with Gasteiger partial charge in [0.05, 0.1) is 13.1 Å². The predicted octanol–water partition coefficient (Wildman–Crippen LogP) is 1.89. The highest BCUT2D eigenvalue weighted by atomic mass is 19.1. The van der Waals surface area contributed by atoms with E-state index in [1.807, 2.05) is 31.2 Å². The van der Waals surface area contributed by atoms with E-state index in [0.29, 0.717) is 32.1 Å². The first-order valence-corrected chi connectivity index (χ1v) is 10.0. The molecule has 160 valence electrons. The average molecular weight is 413 g/mol. The van der Waals surface area contributed by atoms with Gasteiger partial charge in [0.15, 0.2) is 17.5 Å². The summed E-state index contributed by atoms with van der Waals surface area (Å²) < 4.78 is 19.3. The van der Waals surface area contributed by atoms with Crippen LogP contribution in [0.2, 0.25) is 0 Å². The lowest BCUT2D eigenvalue weighted by Crippen LogP contribution is -2.47. The van der Waals surface area contributed by atoms with Crippen molar-refractivity contribution in [2.45, 2.75) is 19.6 Å². The fourth-order valence-electron chi connectivity index (χ4n) is 3.13. The second kappa shape index (κ2) is 10.5. The molecule has 1 aliphatic heterocycles. The van der Waals surface area contributed by atoms with Gasteiger partial charge in [-0.1, -0.05) is 24.3 Å². The van der Waals surface area contributed by atoms with Crippen LogP contribution < -0.4 is 25.6 Å². The van der Waals surface area contributed by atoms with Crippen LogP contribution in [0.15, 0.2) is 53.5 Å². The minimum atomic E-state index is -0.375. The lowest BCUT2D eigenvalue weighted by molar-refractivity contribution is -0.120. The number of hydrogen-bond acceptors (Lipinski definition) is 4. The summed E-state index contributed by atoms with van der Waals surface area (Å²) in [5.74, 6) is 0.548. The van der Waals surface area contributed by atoms with Crippen LogP contribution in [0.3, 0.4) is 0 Å². The first kappa shape index (κ1) is 21.4. The van der Waals surface area contributed by atoms with Crippen molar-refractivity contribution in [1.82, 2.24) is 16.0 Å². The summed E-state index contributed by atoms with van der Waals surface area (Å²) in [5, 5.41) is 9.27. The molecule has 1 saturated heterocycles. The molecule has 1 aliphatic rings. The normalized spacial score (nSPS) is 15.4. The number of guanidine groups is 1. The molecule has 2 aromatic carbocycles. The number of aliphatic imine (C=N–C) groups is 1. The standard InChI is InChI=1S/C22H28FN5O2/c1-16(30-20-6-4-3-5-19(20)23)13-26-22(24-2)27-14-17-7-9-18(10-8-17)28-12-11-25-21(29)15-28/h3-10,16H,11-15H2,1-2H3,(H,25,29)(H2,24,26,27). The molecule has 1 atom stereocenters. The van der Waals surface area contributed by atoms with Gasteiger partial charge in [-0.25, -0.2) is 4.39 Å². The summed E-state index contributed by atoms with van der Waals surface area (Å²) in [4.78, 5) is 17.8. The Hall–Kier alpha value is -3.29. The van der Waals surface area contributed by atoms with Crippen LogP contribution in [-0.4, -0.2) is 51.2 Å². The average Bonchev–Trinajstić information content (AvgIpc) is 2.76. The molecule has 0 aromatic heterocycles. The summed E-state index contributed by atoms with van der Waals surface area (Å²) in [6.45, 7) is 4.82. The molecule has 1 heterocycles. The molecule has 0 spiro atoms. The van der Waals surface area contributed by atoms with Crippen LogP contribution in [0.25, 0.3) is 0 Å². The Morgan fingerprint density at radius 1 is 1.23 bits per heavy atom. The zero-order valence-electron chi connectivity index (χ0n) is 17.3. The lowest BCUT2D eigenvalue weighted by atomic mass is 10.2. The van der Waals surface area contributed by atoms with E-state index in [1.54, 1.807) is 25.2 Å². The molecule has 0 saturated carbocycles. The maximum Gasteiger partial charge on any atom is 0.239 e. The Balaban J connectivity index is 1.44. The molecule has 3 rings (SSSR count). The van der Waals surface area contributed by atoms with E-state index in [9.17, 15) is 9.18 Å². The van der Waals surface area contributed by atoms with Gasteiger partial charge >= 0.3 is 0 Å². The lowest BCUT2D eigenvalue weighted by Gasteiger charge is -2.28. The Morgan fingerprint density at radius 3 is 2.70 bits per heavy atom. The molecule has 3 N–H and O–H groups in total. The van der Waals surface area contributed by atoms with Gasteiger partial charge in [0, 0.05) is 32.4 Å². The van der Waals surface area contributed by atoms with Crippen LogP contribution >= 0.6 is 0 Å². The van der Waals surface area contributed by atoms with E-state index in [4.69, 9.17) is 4.74 Å². The van der Waals surface area contributed by atoms with Crippen molar-refractivity contribution in [3.8, 4) is 5.75 Å². The van der Waals surface area contributed by atoms with Crippen LogP contribution in [0, 0.1) is 5.82 Å². The Kier molecular flexibility index (Phi) is 7.48. The maximum atomic E-state index is 13.7. The van der Waals surface area contributed by atoms with Crippen molar-refractivity contribution in [2.24, 2.45) is 4.99 Å². The maximum absolute atomic E-state index is 13.7. The summed E-state index contributed by atoms with van der Waals surface area (Å²) in [6, 6.07) is 14.5. The highest BCUT2D eigenvalue weighted by molar-refractivity contribution is 5.82. The van der Waals surface area contributed by atoms with Gasteiger partial charge in [0.1, 0.15) is 6.10 Å². The van der Waals surface area contributed by atoms with Crippen molar-refractivity contribution in [2.75, 3.05) is 38.1 Å². The molecule has 2 aromatic rings. The fraction of sp³-hybridized carbons (Fsp3) is 0.364. The third kappa shape index (κ3) is 6.10. The number of rotatable bonds is 7. The fourth-order valence-corrected chi connectivity index (χ4v) is 3.13. The third-order valence-electron chi connectivity index (χ3n) is 4.75. The molecular formula is C22H28FN5O2. The number of benzene rings is 2. The van der Waals surface area contributed by atoms with E-state index in [0.717, 1.165) is 17.8 Å². The van der Waals surface area contributed by atoms with Crippen LogP contribution in [0.4, 0.5) is 10.1 Å². The minimum absolute atomic E-state index is 0.0510. The first-order valence-electron chi connectivity index (χ1n) is 10.0. The number of anilines is 1. The van der Waals surface area contributed by atoms with E-state index < -0.39 is 0 Å². The summed E-state index contributed by atoms with van der Waals surface area (Å²) in [7, 11) is 1.70. The van der Waals surface area contributed by atoms with Gasteiger partial charge < -0.3 is 25.6 Å². The zero-order valence-corrected chi connectivity index (χ0v) is 17.3. The number of para-hydroxylation sites is 1. The summed E-state index contributed by atoms with van der Waals surface area (Å²) >= 11 is 0. The van der Waals surface area contributed by atoms with Gasteiger partial charge in [0.2, 0.25) is 5.91 Å². The number of piperazine rings is 1. The Labute approximate surface area is 176 Å². The van der Waals surface area contributed by atoms with Crippen LogP contribution in [0.5, 0.6) is 5.75 Å². The van der Waals surface area contributed by atoms with Crippen molar-refractivity contribution in [3.05, 3.63) is 59.9 Å². The van der Waals surface area contributed by atoms with E-state index >= 15 is 0 Å². The van der Waals surface area contributed by atoms with Gasteiger partial charge in [-0.2, -0.15) is 0 Å². The number of nitrogens with zero attached hydrogens (tertiary/aromatic N) is 2. The topological polar surface area (TPSA) is 78.0 Å². The second-order valence-corrected chi connectivity index (χ2v) is 7.10. The largest absolute Gasteiger partial charge is 0.486 e. The Bertz CT molecular complexity index is 872.